The number of amides is 1. The Labute approximate surface area is 243 Å². The number of phenols is 1. The summed E-state index contributed by atoms with van der Waals surface area (Å²) in [4.78, 5) is 55.1. The van der Waals surface area contributed by atoms with Crippen LogP contribution in [0.4, 0.5) is 0 Å². The molecule has 0 radical (unpaired) electrons. The van der Waals surface area contributed by atoms with E-state index >= 15 is 0 Å². The number of nitrogens with zero attached hydrogens (tertiary/aromatic N) is 1. The number of benzene rings is 1. The van der Waals surface area contributed by atoms with Crippen molar-refractivity contribution in [1.82, 2.24) is 4.90 Å². The molecule has 4 aliphatic rings. The van der Waals surface area contributed by atoms with Crippen LogP contribution >= 0.6 is 0 Å². The van der Waals surface area contributed by atoms with Crippen molar-refractivity contribution < 1.29 is 44.3 Å². The lowest BCUT2D eigenvalue weighted by Crippen LogP contribution is -2.69. The molecule has 6 unspecified atom stereocenters. The molecule has 0 spiro atoms. The molecule has 6 N–H and O–H groups in total. The summed E-state index contributed by atoms with van der Waals surface area (Å²) in [5.74, 6) is -9.52. The molecule has 2 saturated carbocycles. The van der Waals surface area contributed by atoms with Gasteiger partial charge in [-0.15, -0.1) is 0 Å². The Hall–Kier alpha value is -3.54. The van der Waals surface area contributed by atoms with Gasteiger partial charge in [-0.2, -0.15) is 0 Å². The summed E-state index contributed by atoms with van der Waals surface area (Å²) >= 11 is 0. The number of aliphatic hydroxyl groups is 3. The average molecular weight is 583 g/mol. The molecule has 0 saturated heterocycles. The minimum atomic E-state index is -2.86. The fraction of sp³-hybridized carbons (Fsp3) is 0.548. The number of Topliss-reactive ketones (excluding diaryl/α,β-unsaturated/α-hetero) is 3. The first-order chi connectivity index (χ1) is 19.9. The van der Waals surface area contributed by atoms with E-state index in [0.717, 1.165) is 25.7 Å². The van der Waals surface area contributed by atoms with E-state index < -0.39 is 69.9 Å². The van der Waals surface area contributed by atoms with Crippen molar-refractivity contribution in [3.63, 3.8) is 0 Å². The van der Waals surface area contributed by atoms with Crippen molar-refractivity contribution in [2.24, 2.45) is 23.5 Å². The normalized spacial score (nSPS) is 31.3. The molecule has 11 heteroatoms. The van der Waals surface area contributed by atoms with E-state index in [1.54, 1.807) is 19.1 Å². The number of carbonyl (C=O) groups is 4. The van der Waals surface area contributed by atoms with E-state index in [1.807, 2.05) is 0 Å². The van der Waals surface area contributed by atoms with E-state index in [-0.39, 0.29) is 48.2 Å². The van der Waals surface area contributed by atoms with Crippen molar-refractivity contribution >= 4 is 29.0 Å². The molecule has 11 nitrogen and oxygen atoms in total. The van der Waals surface area contributed by atoms with Gasteiger partial charge < -0.3 is 30.9 Å². The minimum Gasteiger partial charge on any atom is -0.508 e. The maximum Gasteiger partial charge on any atom is 0.255 e. The summed E-state index contributed by atoms with van der Waals surface area (Å²) < 4.78 is 6.32. The maximum absolute atomic E-state index is 14.5. The van der Waals surface area contributed by atoms with Crippen LogP contribution in [-0.4, -0.2) is 87.0 Å². The molecule has 0 aromatic heterocycles. The van der Waals surface area contributed by atoms with Gasteiger partial charge in [0, 0.05) is 36.2 Å². The Bertz CT molecular complexity index is 1410. The Morgan fingerprint density at radius 1 is 1.12 bits per heavy atom. The van der Waals surface area contributed by atoms with E-state index in [4.69, 9.17) is 10.5 Å². The van der Waals surface area contributed by atoms with Crippen molar-refractivity contribution in [3.05, 3.63) is 46.2 Å². The van der Waals surface area contributed by atoms with E-state index in [9.17, 15) is 39.6 Å². The number of aliphatic hydroxyl groups excluding tert-OH is 2. The lowest BCUT2D eigenvalue weighted by molar-refractivity contribution is -0.163. The topological polar surface area (TPSA) is 188 Å². The molecule has 0 aliphatic heterocycles. The zero-order chi connectivity index (χ0) is 30.7. The van der Waals surface area contributed by atoms with E-state index in [0.29, 0.717) is 5.56 Å². The largest absolute Gasteiger partial charge is 0.508 e. The quantitative estimate of drug-likeness (QED) is 0.284. The van der Waals surface area contributed by atoms with Crippen LogP contribution in [0, 0.1) is 17.8 Å². The number of nitrogens with two attached hydrogens (primary N) is 1. The molecule has 1 amide bonds. The van der Waals surface area contributed by atoms with Gasteiger partial charge in [-0.05, 0) is 44.5 Å². The Morgan fingerprint density at radius 3 is 2.38 bits per heavy atom. The van der Waals surface area contributed by atoms with Crippen LogP contribution in [0.25, 0.3) is 5.76 Å². The van der Waals surface area contributed by atoms with Crippen LogP contribution in [0.3, 0.4) is 0 Å². The third-order valence-electron chi connectivity index (χ3n) is 9.66. The molecule has 0 bridgehead atoms. The fourth-order valence-corrected chi connectivity index (χ4v) is 7.76. The van der Waals surface area contributed by atoms with Gasteiger partial charge in [0.15, 0.2) is 11.4 Å². The van der Waals surface area contributed by atoms with Crippen molar-refractivity contribution in [2.45, 2.75) is 69.1 Å². The SMILES string of the molecule is CCC(=O)CC1C2C(=C(O)c3c(O)cccc3C2COC2CCCC2)C(=O)C2(O)C(O)=C(C(N)=O)C(=O)C(N(C)C)C12. The van der Waals surface area contributed by atoms with Crippen molar-refractivity contribution in [1.29, 1.82) is 0 Å². The predicted molar refractivity (Wildman–Crippen MR) is 150 cm³/mol. The molecule has 5 rings (SSSR count). The zero-order valence-electron chi connectivity index (χ0n) is 24.0. The second-order valence-corrected chi connectivity index (χ2v) is 12.1. The first-order valence-electron chi connectivity index (χ1n) is 14.5. The average Bonchev–Trinajstić information content (AvgIpc) is 3.45. The number of aromatic hydroxyl groups is 1. The predicted octanol–water partition coefficient (Wildman–Crippen LogP) is 2.06. The molecular formula is C31H38N2O9. The number of phenolic OH excluding ortho intramolecular Hbond substituents is 1. The Kier molecular flexibility index (Phi) is 7.80. The summed E-state index contributed by atoms with van der Waals surface area (Å²) in [5.41, 5.74) is 1.90. The van der Waals surface area contributed by atoms with Gasteiger partial charge in [-0.3, -0.25) is 24.1 Å². The van der Waals surface area contributed by atoms with Crippen molar-refractivity contribution in [2.75, 3.05) is 20.7 Å². The molecule has 2 fully saturated rings. The molecule has 0 heterocycles. The van der Waals surface area contributed by atoms with Crippen LogP contribution in [-0.2, 0) is 23.9 Å². The minimum absolute atomic E-state index is 0.00520. The number of hydrogen-bond donors (Lipinski definition) is 5. The monoisotopic (exact) mass is 582 g/mol. The maximum atomic E-state index is 14.5. The molecule has 6 atom stereocenters. The number of rotatable bonds is 8. The number of hydrogen-bond acceptors (Lipinski definition) is 10. The van der Waals surface area contributed by atoms with E-state index in [1.165, 1.54) is 25.1 Å². The molecule has 1 aromatic rings. The highest BCUT2D eigenvalue weighted by Gasteiger charge is 2.68. The lowest BCUT2D eigenvalue weighted by atomic mass is 9.50. The summed E-state index contributed by atoms with van der Waals surface area (Å²) in [5, 5.41) is 45.9. The zero-order valence-corrected chi connectivity index (χ0v) is 24.0. The van der Waals surface area contributed by atoms with E-state index in [2.05, 4.69) is 0 Å². The molecule has 42 heavy (non-hydrogen) atoms. The van der Waals surface area contributed by atoms with Gasteiger partial charge in [-0.1, -0.05) is 31.9 Å². The van der Waals surface area contributed by atoms with Crippen LogP contribution in [0.2, 0.25) is 0 Å². The molecule has 1 aromatic carbocycles. The smallest absolute Gasteiger partial charge is 0.255 e. The highest BCUT2D eigenvalue weighted by molar-refractivity contribution is 6.24. The Balaban J connectivity index is 1.80. The van der Waals surface area contributed by atoms with Crippen LogP contribution in [0.5, 0.6) is 5.75 Å². The summed E-state index contributed by atoms with van der Waals surface area (Å²) in [6.07, 6.45) is 3.68. The fourth-order valence-electron chi connectivity index (χ4n) is 7.76. The number of carbonyl (C=O) groups excluding carboxylic acids is 4. The van der Waals surface area contributed by atoms with Gasteiger partial charge in [0.25, 0.3) is 5.91 Å². The second kappa shape index (κ2) is 10.9. The summed E-state index contributed by atoms with van der Waals surface area (Å²) in [6.45, 7) is 1.76. The molecule has 226 valence electrons. The number of ether oxygens (including phenoxy) is 1. The standard InChI is InChI=1S/C31H38N2O9/c1-4-14(34)12-17-20-18(13-42-15-8-5-6-9-15)16-10-7-11-19(35)21(16)26(36)22(20)28(38)31(41)24(17)25(33(2)3)27(37)23(29(31)39)30(32)40/h7,10-11,15,17-18,20,24-25,35-36,39,41H,4-6,8-9,12-13H2,1-3H3,(H2,32,40). The highest BCUT2D eigenvalue weighted by Crippen LogP contribution is 2.59. The molecular weight excluding hydrogens is 544 g/mol. The van der Waals surface area contributed by atoms with Gasteiger partial charge in [-0.25, -0.2) is 0 Å². The first kappa shape index (κ1) is 29.9. The highest BCUT2D eigenvalue weighted by atomic mass is 16.5. The van der Waals surface area contributed by atoms with Gasteiger partial charge in [0.1, 0.15) is 28.6 Å². The number of primary amides is 1. The molecule has 4 aliphatic carbocycles. The summed E-state index contributed by atoms with van der Waals surface area (Å²) in [6, 6.07) is 3.38. The van der Waals surface area contributed by atoms with Crippen molar-refractivity contribution in [3.8, 4) is 5.75 Å². The Morgan fingerprint density at radius 2 is 1.79 bits per heavy atom. The third kappa shape index (κ3) is 4.37. The number of ketones is 3. The first-order valence-corrected chi connectivity index (χ1v) is 14.5. The number of likely N-dealkylation sites (N-methyl/N-ethyl adjacent to an activating group) is 1. The number of fused-ring (bicyclic) bond motifs is 3. The second-order valence-electron chi connectivity index (χ2n) is 12.1. The third-order valence-corrected chi connectivity index (χ3v) is 9.66. The van der Waals surface area contributed by atoms with Gasteiger partial charge in [0.2, 0.25) is 5.78 Å². The van der Waals surface area contributed by atoms with Crippen LogP contribution < -0.4 is 5.73 Å². The van der Waals surface area contributed by atoms with Crippen LogP contribution in [0.1, 0.15) is 62.5 Å². The lowest BCUT2D eigenvalue weighted by Gasteiger charge is -2.55. The van der Waals surface area contributed by atoms with Crippen LogP contribution in [0.15, 0.2) is 35.1 Å². The van der Waals surface area contributed by atoms with Gasteiger partial charge >= 0.3 is 0 Å². The summed E-state index contributed by atoms with van der Waals surface area (Å²) in [7, 11) is 3.07. The van der Waals surface area contributed by atoms with Gasteiger partial charge in [0.05, 0.1) is 24.3 Å².